The van der Waals surface area contributed by atoms with Crippen LogP contribution < -0.4 is 15.0 Å². The van der Waals surface area contributed by atoms with Crippen LogP contribution >= 0.6 is 23.6 Å². The van der Waals surface area contributed by atoms with E-state index in [4.69, 9.17) is 17.0 Å². The first-order chi connectivity index (χ1) is 16.5. The Bertz CT molecular complexity index is 1150. The molecule has 9 heteroatoms. The molecule has 3 aromatic rings. The summed E-state index contributed by atoms with van der Waals surface area (Å²) >= 11 is 7.27. The second kappa shape index (κ2) is 10.8. The minimum atomic E-state index is -0.750. The van der Waals surface area contributed by atoms with Gasteiger partial charge in [0.2, 0.25) is 5.91 Å². The number of ether oxygens (including phenoxy) is 1. The summed E-state index contributed by atoms with van der Waals surface area (Å²) in [6.45, 7) is 2.95. The lowest BCUT2D eigenvalue weighted by atomic mass is 10.1. The number of carbonyl (C=O) groups excluding carboxylic acids is 2. The van der Waals surface area contributed by atoms with Gasteiger partial charge in [-0.3, -0.25) is 14.5 Å². The lowest BCUT2D eigenvalue weighted by molar-refractivity contribution is -0.124. The van der Waals surface area contributed by atoms with Gasteiger partial charge in [-0.05, 0) is 85.5 Å². The van der Waals surface area contributed by atoms with Crippen molar-refractivity contribution in [2.45, 2.75) is 25.8 Å². The van der Waals surface area contributed by atoms with E-state index in [1.165, 1.54) is 29.2 Å². The first-order valence-electron chi connectivity index (χ1n) is 10.9. The predicted octanol–water partition coefficient (Wildman–Crippen LogP) is 4.86. The van der Waals surface area contributed by atoms with Gasteiger partial charge in [0.15, 0.2) is 5.11 Å². The molecule has 1 saturated heterocycles. The molecule has 1 atom stereocenters. The molecule has 2 aromatic carbocycles. The Hall–Kier alpha value is -3.30. The fraction of sp³-hybridized carbons (Fsp3) is 0.240. The molecule has 34 heavy (non-hydrogen) atoms. The molecule has 6 nitrogen and oxygen atoms in total. The molecule has 0 bridgehead atoms. The molecule has 0 saturated carbocycles. The summed E-state index contributed by atoms with van der Waals surface area (Å²) in [5, 5.41) is 5.15. The SMILES string of the molecule is CCOc1ccc(NC(=O)C[C@H]2C(=O)N(c3ccc(F)cc3)C(=S)N2CCc2cccs2)cc1. The van der Waals surface area contributed by atoms with Crippen LogP contribution in [0.25, 0.3) is 0 Å². The number of halogens is 1. The van der Waals surface area contributed by atoms with Crippen molar-refractivity contribution in [3.63, 3.8) is 0 Å². The smallest absolute Gasteiger partial charge is 0.256 e. The van der Waals surface area contributed by atoms with Crippen molar-refractivity contribution in [2.75, 3.05) is 23.4 Å². The highest BCUT2D eigenvalue weighted by atomic mass is 32.1. The maximum Gasteiger partial charge on any atom is 0.256 e. The second-order valence-electron chi connectivity index (χ2n) is 7.68. The van der Waals surface area contributed by atoms with E-state index in [0.717, 1.165) is 4.88 Å². The zero-order valence-electron chi connectivity index (χ0n) is 18.6. The molecular weight excluding hydrogens is 473 g/mol. The minimum absolute atomic E-state index is 0.0612. The average molecular weight is 498 g/mol. The number of anilines is 2. The summed E-state index contributed by atoms with van der Waals surface area (Å²) in [5.74, 6) is -0.286. The Morgan fingerprint density at radius 1 is 1.15 bits per heavy atom. The number of benzene rings is 2. The molecule has 0 spiro atoms. The van der Waals surface area contributed by atoms with Crippen molar-refractivity contribution >= 4 is 51.9 Å². The number of nitrogens with one attached hydrogen (secondary N) is 1. The zero-order valence-corrected chi connectivity index (χ0v) is 20.2. The minimum Gasteiger partial charge on any atom is -0.494 e. The number of thiocarbonyl (C=S) groups is 1. The third-order valence-corrected chi connectivity index (χ3v) is 6.76. The molecule has 1 N–H and O–H groups in total. The topological polar surface area (TPSA) is 61.9 Å². The normalized spacial score (nSPS) is 15.6. The second-order valence-corrected chi connectivity index (χ2v) is 9.08. The fourth-order valence-electron chi connectivity index (χ4n) is 3.79. The molecular formula is C25H24FN3O3S2. The maximum atomic E-state index is 13.4. The van der Waals surface area contributed by atoms with Crippen LogP contribution in [0.2, 0.25) is 0 Å². The van der Waals surface area contributed by atoms with Gasteiger partial charge in [-0.25, -0.2) is 4.39 Å². The van der Waals surface area contributed by atoms with Crippen LogP contribution in [-0.4, -0.2) is 41.0 Å². The van der Waals surface area contributed by atoms with Gasteiger partial charge in [0.1, 0.15) is 17.6 Å². The Balaban J connectivity index is 1.51. The maximum absolute atomic E-state index is 13.4. The number of hydrogen-bond donors (Lipinski definition) is 1. The molecule has 1 fully saturated rings. The van der Waals surface area contributed by atoms with Crippen molar-refractivity contribution in [1.29, 1.82) is 0 Å². The zero-order chi connectivity index (χ0) is 24.1. The van der Waals surface area contributed by atoms with E-state index in [0.29, 0.717) is 41.8 Å². The van der Waals surface area contributed by atoms with Gasteiger partial charge < -0.3 is 15.0 Å². The van der Waals surface area contributed by atoms with Gasteiger partial charge >= 0.3 is 0 Å². The van der Waals surface area contributed by atoms with Crippen molar-refractivity contribution < 1.29 is 18.7 Å². The van der Waals surface area contributed by atoms with E-state index in [-0.39, 0.29) is 18.2 Å². The van der Waals surface area contributed by atoms with Gasteiger partial charge in [0, 0.05) is 17.1 Å². The predicted molar refractivity (Wildman–Crippen MR) is 136 cm³/mol. The molecule has 2 amide bonds. The Kier molecular flexibility index (Phi) is 7.54. The number of nitrogens with zero attached hydrogens (tertiary/aromatic N) is 2. The molecule has 176 valence electrons. The van der Waals surface area contributed by atoms with E-state index >= 15 is 0 Å². The summed E-state index contributed by atoms with van der Waals surface area (Å²) < 4.78 is 18.9. The molecule has 0 aliphatic carbocycles. The summed E-state index contributed by atoms with van der Waals surface area (Å²) in [7, 11) is 0. The molecule has 1 aliphatic rings. The average Bonchev–Trinajstić information content (AvgIpc) is 3.42. The first-order valence-corrected chi connectivity index (χ1v) is 12.2. The monoisotopic (exact) mass is 497 g/mol. The van der Waals surface area contributed by atoms with Gasteiger partial charge in [-0.2, -0.15) is 0 Å². The highest BCUT2D eigenvalue weighted by Crippen LogP contribution is 2.28. The Labute approximate surface area is 206 Å². The van der Waals surface area contributed by atoms with E-state index in [1.807, 2.05) is 24.4 Å². The number of rotatable bonds is 9. The summed E-state index contributed by atoms with van der Waals surface area (Å²) in [4.78, 5) is 30.6. The van der Waals surface area contributed by atoms with Gasteiger partial charge in [0.25, 0.3) is 5.91 Å². The van der Waals surface area contributed by atoms with Crippen LogP contribution in [0.3, 0.4) is 0 Å². The first kappa shape index (κ1) is 23.8. The third kappa shape index (κ3) is 5.43. The largest absolute Gasteiger partial charge is 0.494 e. The number of carbonyl (C=O) groups is 2. The van der Waals surface area contributed by atoms with Crippen LogP contribution in [0.1, 0.15) is 18.2 Å². The number of hydrogen-bond acceptors (Lipinski definition) is 5. The number of amides is 2. The van der Waals surface area contributed by atoms with Gasteiger partial charge in [0.05, 0.1) is 18.7 Å². The fourth-order valence-corrected chi connectivity index (χ4v) is 4.90. The standard InChI is InChI=1S/C25H24FN3O3S2/c1-2-32-20-11-7-18(8-12-20)27-23(30)16-22-24(31)29(19-9-5-17(26)6-10-19)25(33)28(22)14-13-21-4-3-15-34-21/h3-12,15,22H,2,13-14,16H2,1H3,(H,27,30)/t22-/m0/s1. The van der Waals surface area contributed by atoms with E-state index in [1.54, 1.807) is 40.5 Å². The van der Waals surface area contributed by atoms with E-state index < -0.39 is 11.9 Å². The highest BCUT2D eigenvalue weighted by Gasteiger charge is 2.43. The number of thiophene rings is 1. The van der Waals surface area contributed by atoms with Crippen molar-refractivity contribution in [3.05, 3.63) is 76.7 Å². The summed E-state index contributed by atoms with van der Waals surface area (Å²) in [6.07, 6.45) is 0.633. The van der Waals surface area contributed by atoms with Gasteiger partial charge in [-0.15, -0.1) is 11.3 Å². The third-order valence-electron chi connectivity index (χ3n) is 5.41. The van der Waals surface area contributed by atoms with Crippen LogP contribution in [0.4, 0.5) is 15.8 Å². The van der Waals surface area contributed by atoms with Crippen LogP contribution in [0.5, 0.6) is 5.75 Å². The van der Waals surface area contributed by atoms with Crippen LogP contribution in [-0.2, 0) is 16.0 Å². The van der Waals surface area contributed by atoms with Crippen molar-refractivity contribution in [1.82, 2.24) is 4.90 Å². The van der Waals surface area contributed by atoms with Crippen molar-refractivity contribution in [3.8, 4) is 5.75 Å². The van der Waals surface area contributed by atoms with E-state index in [9.17, 15) is 14.0 Å². The lowest BCUT2D eigenvalue weighted by Crippen LogP contribution is -2.39. The molecule has 2 heterocycles. The van der Waals surface area contributed by atoms with Crippen LogP contribution in [0, 0.1) is 5.82 Å². The Morgan fingerprint density at radius 3 is 2.53 bits per heavy atom. The quantitative estimate of drug-likeness (QED) is 0.428. The van der Waals surface area contributed by atoms with Gasteiger partial charge in [-0.1, -0.05) is 6.07 Å². The molecule has 0 radical (unpaired) electrons. The highest BCUT2D eigenvalue weighted by molar-refractivity contribution is 7.80. The molecule has 1 aromatic heterocycles. The van der Waals surface area contributed by atoms with Crippen molar-refractivity contribution in [2.24, 2.45) is 0 Å². The molecule has 0 unspecified atom stereocenters. The summed E-state index contributed by atoms with van der Waals surface area (Å²) in [6, 6.07) is 15.9. The molecule has 1 aliphatic heterocycles. The summed E-state index contributed by atoms with van der Waals surface area (Å²) in [5.41, 5.74) is 1.09. The molecule has 4 rings (SSSR count). The Morgan fingerprint density at radius 2 is 1.88 bits per heavy atom. The van der Waals surface area contributed by atoms with Crippen LogP contribution in [0.15, 0.2) is 66.0 Å². The lowest BCUT2D eigenvalue weighted by Gasteiger charge is -2.23. The van der Waals surface area contributed by atoms with E-state index in [2.05, 4.69) is 5.32 Å².